The number of aliphatic hydroxyl groups excluding tert-OH is 1. The van der Waals surface area contributed by atoms with Gasteiger partial charge in [0.25, 0.3) is 0 Å². The van der Waals surface area contributed by atoms with Crippen molar-refractivity contribution in [3.05, 3.63) is 65.2 Å². The van der Waals surface area contributed by atoms with E-state index in [1.54, 1.807) is 68.7 Å². The average molecular weight is 409 g/mol. The molecule has 0 aromatic heterocycles. The fourth-order valence-corrected chi connectivity index (χ4v) is 3.13. The number of carbonyl (C=O) groups excluding carboxylic acids is 1. The molecule has 2 aromatic rings. The van der Waals surface area contributed by atoms with E-state index >= 15 is 0 Å². The third kappa shape index (κ3) is 5.67. The summed E-state index contributed by atoms with van der Waals surface area (Å²) >= 11 is 0. The number of ether oxygens (including phenoxy) is 2. The normalized spacial score (nSPS) is 15.1. The molecular weight excluding hydrogens is 382 g/mol. The van der Waals surface area contributed by atoms with E-state index in [-0.39, 0.29) is 0 Å². The molecule has 7 heteroatoms. The van der Waals surface area contributed by atoms with Gasteiger partial charge in [-0.3, -0.25) is 5.01 Å². The maximum absolute atomic E-state index is 12.1. The van der Waals surface area contributed by atoms with Gasteiger partial charge < -0.3 is 14.6 Å². The molecule has 0 amide bonds. The fourth-order valence-electron chi connectivity index (χ4n) is 3.13. The Morgan fingerprint density at radius 1 is 1.20 bits per heavy atom. The highest BCUT2D eigenvalue weighted by Gasteiger charge is 2.12. The quantitative estimate of drug-likeness (QED) is 0.504. The molecule has 1 aliphatic heterocycles. The van der Waals surface area contributed by atoms with Crippen LogP contribution in [0.3, 0.4) is 0 Å². The Labute approximate surface area is 176 Å². The SMILES string of the molecule is CCOC(=O)c1ccc(N=NN2CCCC2)c(/C=C/C(O)c2ccc(OC)cc2)c1. The molecule has 0 radical (unpaired) electrons. The third-order valence-corrected chi connectivity index (χ3v) is 4.82. The molecule has 0 bridgehead atoms. The first-order valence-electron chi connectivity index (χ1n) is 10.1. The number of hydrogen-bond donors (Lipinski definition) is 1. The summed E-state index contributed by atoms with van der Waals surface area (Å²) in [6.45, 7) is 3.86. The van der Waals surface area contributed by atoms with Gasteiger partial charge in [0.15, 0.2) is 0 Å². The van der Waals surface area contributed by atoms with Gasteiger partial charge in [0, 0.05) is 18.7 Å². The zero-order chi connectivity index (χ0) is 21.3. The molecule has 0 saturated carbocycles. The van der Waals surface area contributed by atoms with Gasteiger partial charge in [-0.2, -0.15) is 0 Å². The molecule has 0 aliphatic carbocycles. The summed E-state index contributed by atoms with van der Waals surface area (Å²) in [5.74, 6) is 0.326. The van der Waals surface area contributed by atoms with Crippen molar-refractivity contribution >= 4 is 17.7 Å². The highest BCUT2D eigenvalue weighted by Crippen LogP contribution is 2.26. The Balaban J connectivity index is 1.84. The summed E-state index contributed by atoms with van der Waals surface area (Å²) in [6.07, 6.45) is 4.81. The number of esters is 1. The summed E-state index contributed by atoms with van der Waals surface area (Å²) in [5, 5.41) is 21.1. The number of benzene rings is 2. The van der Waals surface area contributed by atoms with Crippen molar-refractivity contribution in [3.8, 4) is 5.75 Å². The zero-order valence-electron chi connectivity index (χ0n) is 17.3. The highest BCUT2D eigenvalue weighted by molar-refractivity contribution is 5.91. The van der Waals surface area contributed by atoms with Crippen LogP contribution in [0.25, 0.3) is 6.08 Å². The summed E-state index contributed by atoms with van der Waals surface area (Å²) < 4.78 is 10.2. The van der Waals surface area contributed by atoms with Crippen LogP contribution in [-0.4, -0.2) is 42.9 Å². The topological polar surface area (TPSA) is 83.7 Å². The summed E-state index contributed by atoms with van der Waals surface area (Å²) in [4.78, 5) is 12.1. The van der Waals surface area contributed by atoms with Crippen LogP contribution >= 0.6 is 0 Å². The third-order valence-electron chi connectivity index (χ3n) is 4.82. The number of methoxy groups -OCH3 is 1. The van der Waals surface area contributed by atoms with Crippen molar-refractivity contribution in [1.82, 2.24) is 5.01 Å². The van der Waals surface area contributed by atoms with Crippen molar-refractivity contribution in [2.75, 3.05) is 26.8 Å². The molecule has 7 nitrogen and oxygen atoms in total. The molecule has 1 saturated heterocycles. The van der Waals surface area contributed by atoms with Crippen LogP contribution in [0.2, 0.25) is 0 Å². The van der Waals surface area contributed by atoms with E-state index in [0.717, 1.165) is 37.2 Å². The van der Waals surface area contributed by atoms with Crippen LogP contribution in [0, 0.1) is 0 Å². The van der Waals surface area contributed by atoms with Crippen molar-refractivity contribution in [2.24, 2.45) is 10.3 Å². The molecule has 2 aromatic carbocycles. The van der Waals surface area contributed by atoms with E-state index in [2.05, 4.69) is 10.3 Å². The van der Waals surface area contributed by atoms with Gasteiger partial charge in [0.1, 0.15) is 5.75 Å². The lowest BCUT2D eigenvalue weighted by Crippen LogP contribution is -2.09. The first kappa shape index (κ1) is 21.5. The van der Waals surface area contributed by atoms with Gasteiger partial charge in [-0.15, -0.1) is 5.11 Å². The Hall–Kier alpha value is -3.19. The number of hydrogen-bond acceptors (Lipinski definition) is 6. The van der Waals surface area contributed by atoms with Crippen LogP contribution in [-0.2, 0) is 4.74 Å². The lowest BCUT2D eigenvalue weighted by molar-refractivity contribution is 0.0526. The molecule has 3 rings (SSSR count). The minimum atomic E-state index is -0.814. The Kier molecular flexibility index (Phi) is 7.57. The van der Waals surface area contributed by atoms with Crippen molar-refractivity contribution < 1.29 is 19.4 Å². The van der Waals surface area contributed by atoms with Crippen LogP contribution in [0.1, 0.15) is 47.4 Å². The second-order valence-corrected chi connectivity index (χ2v) is 6.92. The van der Waals surface area contributed by atoms with Gasteiger partial charge in [-0.1, -0.05) is 29.5 Å². The molecule has 1 atom stereocenters. The van der Waals surface area contributed by atoms with Crippen molar-refractivity contribution in [3.63, 3.8) is 0 Å². The molecule has 1 N–H and O–H groups in total. The fraction of sp³-hybridized carbons (Fsp3) is 0.348. The maximum Gasteiger partial charge on any atom is 0.338 e. The molecule has 1 unspecified atom stereocenters. The number of aliphatic hydroxyl groups is 1. The Morgan fingerprint density at radius 2 is 1.93 bits per heavy atom. The second kappa shape index (κ2) is 10.5. The van der Waals surface area contributed by atoms with Gasteiger partial charge in [0.05, 0.1) is 31.1 Å². The smallest absolute Gasteiger partial charge is 0.338 e. The van der Waals surface area contributed by atoms with Gasteiger partial charge >= 0.3 is 5.97 Å². The summed E-state index contributed by atoms with van der Waals surface area (Å²) in [5.41, 5.74) is 2.45. The van der Waals surface area contributed by atoms with Crippen LogP contribution in [0.4, 0.5) is 5.69 Å². The molecular formula is C23H27N3O4. The molecule has 0 spiro atoms. The van der Waals surface area contributed by atoms with Gasteiger partial charge in [-0.25, -0.2) is 4.79 Å². The Bertz CT molecular complexity index is 903. The predicted octanol–water partition coefficient (Wildman–Crippen LogP) is 4.71. The summed E-state index contributed by atoms with van der Waals surface area (Å²) in [6, 6.07) is 12.3. The second-order valence-electron chi connectivity index (χ2n) is 6.92. The monoisotopic (exact) mass is 409 g/mol. The number of rotatable bonds is 8. The minimum Gasteiger partial charge on any atom is -0.497 e. The lowest BCUT2D eigenvalue weighted by atomic mass is 10.0. The first-order valence-corrected chi connectivity index (χ1v) is 10.1. The number of carbonyl (C=O) groups is 1. The lowest BCUT2D eigenvalue weighted by Gasteiger charge is -2.10. The molecule has 30 heavy (non-hydrogen) atoms. The Morgan fingerprint density at radius 3 is 2.60 bits per heavy atom. The summed E-state index contributed by atoms with van der Waals surface area (Å²) in [7, 11) is 1.60. The first-order chi connectivity index (χ1) is 14.6. The van der Waals surface area contributed by atoms with Crippen molar-refractivity contribution in [2.45, 2.75) is 25.9 Å². The number of nitrogens with zero attached hydrogens (tertiary/aromatic N) is 3. The standard InChI is InChI=1S/C23H27N3O4/c1-3-30-23(28)19-8-12-21(24-25-26-14-4-5-15-26)18(16-19)9-13-22(27)17-6-10-20(29-2)11-7-17/h6-13,16,22,27H,3-5,14-15H2,1-2H3/b13-9+,25-24?. The molecule has 1 fully saturated rings. The predicted molar refractivity (Wildman–Crippen MR) is 115 cm³/mol. The van der Waals surface area contributed by atoms with E-state index in [0.29, 0.717) is 23.4 Å². The van der Waals surface area contributed by atoms with Gasteiger partial charge in [-0.05, 0) is 55.7 Å². The largest absolute Gasteiger partial charge is 0.497 e. The highest BCUT2D eigenvalue weighted by atomic mass is 16.5. The van der Waals surface area contributed by atoms with E-state index in [4.69, 9.17) is 9.47 Å². The minimum absolute atomic E-state index is 0.302. The van der Waals surface area contributed by atoms with Crippen LogP contribution in [0.5, 0.6) is 5.75 Å². The van der Waals surface area contributed by atoms with E-state index < -0.39 is 12.1 Å². The van der Waals surface area contributed by atoms with Crippen LogP contribution < -0.4 is 4.74 Å². The van der Waals surface area contributed by atoms with E-state index in [9.17, 15) is 9.90 Å². The molecule has 1 aliphatic rings. The van der Waals surface area contributed by atoms with Crippen LogP contribution in [0.15, 0.2) is 58.9 Å². The molecule has 158 valence electrons. The van der Waals surface area contributed by atoms with Gasteiger partial charge in [0.2, 0.25) is 0 Å². The average Bonchev–Trinajstić information content (AvgIpc) is 3.30. The molecule has 1 heterocycles. The maximum atomic E-state index is 12.1. The van der Waals surface area contributed by atoms with Crippen molar-refractivity contribution in [1.29, 1.82) is 0 Å². The van der Waals surface area contributed by atoms with E-state index in [1.165, 1.54) is 0 Å². The van der Waals surface area contributed by atoms with E-state index in [1.807, 2.05) is 5.01 Å². The zero-order valence-corrected chi connectivity index (χ0v) is 17.3.